The number of alkyl halides is 1. The van der Waals surface area contributed by atoms with E-state index in [9.17, 15) is 4.79 Å². The molecule has 0 aromatic heterocycles. The fraction of sp³-hybridized carbons (Fsp3) is 0.357. The van der Waals surface area contributed by atoms with Crippen LogP contribution in [-0.2, 0) is 4.74 Å². The summed E-state index contributed by atoms with van der Waals surface area (Å²) in [5, 5.41) is 3.41. The van der Waals surface area contributed by atoms with Crippen molar-refractivity contribution in [3.63, 3.8) is 0 Å². The van der Waals surface area contributed by atoms with Gasteiger partial charge in [-0.25, -0.2) is 4.79 Å². The zero-order valence-electron chi connectivity index (χ0n) is 10.9. The molecule has 0 fully saturated rings. The molecule has 1 rings (SSSR count). The molecule has 0 aliphatic rings. The molecular weight excluding hydrogens is 294 g/mol. The number of rotatable bonds is 3. The van der Waals surface area contributed by atoms with Crippen LogP contribution < -0.4 is 5.32 Å². The van der Waals surface area contributed by atoms with Crippen LogP contribution in [0.1, 0.15) is 26.3 Å². The van der Waals surface area contributed by atoms with E-state index in [1.165, 1.54) is 0 Å². The van der Waals surface area contributed by atoms with Gasteiger partial charge in [0.05, 0.1) is 0 Å². The third-order valence-corrected chi connectivity index (χ3v) is 2.78. The standard InChI is InChI=1S/C14H18BrNO2/c1-10(9-15)11-5-7-12(8-6-11)16-13(17)18-14(2,3)4/h5-8H,1,9H2,2-4H3,(H,16,17). The van der Waals surface area contributed by atoms with Crippen LogP contribution in [0, 0.1) is 0 Å². The lowest BCUT2D eigenvalue weighted by Gasteiger charge is -2.19. The summed E-state index contributed by atoms with van der Waals surface area (Å²) in [5.74, 6) is 0. The van der Waals surface area contributed by atoms with E-state index >= 15 is 0 Å². The van der Waals surface area contributed by atoms with Crippen molar-refractivity contribution in [2.75, 3.05) is 10.6 Å². The molecule has 0 atom stereocenters. The van der Waals surface area contributed by atoms with Gasteiger partial charge in [-0.3, -0.25) is 5.32 Å². The Bertz CT molecular complexity index is 432. The van der Waals surface area contributed by atoms with Gasteiger partial charge in [-0.15, -0.1) is 0 Å². The van der Waals surface area contributed by atoms with Crippen molar-refractivity contribution in [3.8, 4) is 0 Å². The Hall–Kier alpha value is -1.29. The first-order valence-corrected chi connectivity index (χ1v) is 6.78. The van der Waals surface area contributed by atoms with Crippen LogP contribution in [0.15, 0.2) is 30.8 Å². The number of carbonyl (C=O) groups is 1. The van der Waals surface area contributed by atoms with E-state index in [1.807, 2.05) is 45.0 Å². The third-order valence-electron chi connectivity index (χ3n) is 2.10. The number of halogens is 1. The summed E-state index contributed by atoms with van der Waals surface area (Å²) < 4.78 is 5.17. The van der Waals surface area contributed by atoms with E-state index in [-0.39, 0.29) is 0 Å². The summed E-state index contributed by atoms with van der Waals surface area (Å²) in [7, 11) is 0. The minimum Gasteiger partial charge on any atom is -0.444 e. The lowest BCUT2D eigenvalue weighted by Crippen LogP contribution is -2.27. The predicted octanol–water partition coefficient (Wildman–Crippen LogP) is 4.44. The minimum atomic E-state index is -0.492. The van der Waals surface area contributed by atoms with Crippen LogP contribution in [0.3, 0.4) is 0 Å². The van der Waals surface area contributed by atoms with Gasteiger partial charge in [-0.05, 0) is 44.0 Å². The summed E-state index contributed by atoms with van der Waals surface area (Å²) in [6.07, 6.45) is -0.449. The second-order valence-corrected chi connectivity index (χ2v) is 5.50. The molecule has 1 aromatic carbocycles. The summed E-state index contributed by atoms with van der Waals surface area (Å²) >= 11 is 3.35. The van der Waals surface area contributed by atoms with Crippen molar-refractivity contribution in [3.05, 3.63) is 36.4 Å². The zero-order valence-corrected chi connectivity index (χ0v) is 12.5. The molecule has 0 aliphatic heterocycles. The molecule has 0 saturated carbocycles. The molecule has 0 spiro atoms. The fourth-order valence-corrected chi connectivity index (χ4v) is 1.61. The number of hydrogen-bond donors (Lipinski definition) is 1. The Balaban J connectivity index is 2.64. The number of allylic oxidation sites excluding steroid dienone is 1. The van der Waals surface area contributed by atoms with Crippen molar-refractivity contribution in [2.45, 2.75) is 26.4 Å². The maximum Gasteiger partial charge on any atom is 0.412 e. The molecular formula is C14H18BrNO2. The van der Waals surface area contributed by atoms with Gasteiger partial charge < -0.3 is 4.74 Å². The SMILES string of the molecule is C=C(CBr)c1ccc(NC(=O)OC(C)(C)C)cc1. The van der Waals surface area contributed by atoms with Gasteiger partial charge in [0.25, 0.3) is 0 Å². The van der Waals surface area contributed by atoms with E-state index in [4.69, 9.17) is 4.74 Å². The quantitative estimate of drug-likeness (QED) is 0.838. The number of carbonyl (C=O) groups excluding carboxylic acids is 1. The average Bonchev–Trinajstić information content (AvgIpc) is 2.26. The molecule has 4 heteroatoms. The van der Waals surface area contributed by atoms with E-state index < -0.39 is 11.7 Å². The molecule has 0 bridgehead atoms. The highest BCUT2D eigenvalue weighted by Gasteiger charge is 2.16. The minimum absolute atomic E-state index is 0.449. The predicted molar refractivity (Wildman–Crippen MR) is 79.1 cm³/mol. The maximum absolute atomic E-state index is 11.5. The Morgan fingerprint density at radius 2 is 1.89 bits per heavy atom. The van der Waals surface area contributed by atoms with Gasteiger partial charge in [0.1, 0.15) is 5.60 Å². The average molecular weight is 312 g/mol. The van der Waals surface area contributed by atoms with Crippen LogP contribution >= 0.6 is 15.9 Å². The molecule has 98 valence electrons. The summed E-state index contributed by atoms with van der Waals surface area (Å²) in [6, 6.07) is 7.48. The Kier molecular flexibility index (Phi) is 4.96. The molecule has 0 saturated heterocycles. The van der Waals surface area contributed by atoms with Gasteiger partial charge in [0.15, 0.2) is 0 Å². The van der Waals surface area contributed by atoms with Crippen LogP contribution in [0.4, 0.5) is 10.5 Å². The molecule has 0 aliphatic carbocycles. The number of hydrogen-bond acceptors (Lipinski definition) is 2. The highest BCUT2D eigenvalue weighted by molar-refractivity contribution is 9.09. The third kappa shape index (κ3) is 4.92. The number of ether oxygens (including phenoxy) is 1. The molecule has 0 radical (unpaired) electrons. The first-order chi connectivity index (χ1) is 8.31. The van der Waals surface area contributed by atoms with Gasteiger partial charge >= 0.3 is 6.09 Å². The second-order valence-electron chi connectivity index (χ2n) is 4.94. The first kappa shape index (κ1) is 14.8. The first-order valence-electron chi connectivity index (χ1n) is 5.66. The Labute approximate surface area is 116 Å². The van der Waals surface area contributed by atoms with Gasteiger partial charge in [0, 0.05) is 11.0 Å². The lowest BCUT2D eigenvalue weighted by atomic mass is 10.1. The largest absolute Gasteiger partial charge is 0.444 e. The van der Waals surface area contributed by atoms with Gasteiger partial charge in [0.2, 0.25) is 0 Å². The smallest absolute Gasteiger partial charge is 0.412 e. The Morgan fingerprint density at radius 3 is 2.33 bits per heavy atom. The number of nitrogens with one attached hydrogen (secondary N) is 1. The molecule has 1 N–H and O–H groups in total. The van der Waals surface area contributed by atoms with Crippen LogP contribution in [0.25, 0.3) is 5.57 Å². The summed E-state index contributed by atoms with van der Waals surface area (Å²) in [4.78, 5) is 11.5. The molecule has 3 nitrogen and oxygen atoms in total. The van der Waals surface area contributed by atoms with E-state index in [1.54, 1.807) is 0 Å². The van der Waals surface area contributed by atoms with Crippen LogP contribution in [-0.4, -0.2) is 17.0 Å². The topological polar surface area (TPSA) is 38.3 Å². The lowest BCUT2D eigenvalue weighted by molar-refractivity contribution is 0.0636. The number of amides is 1. The van der Waals surface area contributed by atoms with Gasteiger partial charge in [-0.1, -0.05) is 34.6 Å². The molecule has 0 unspecified atom stereocenters. The van der Waals surface area contributed by atoms with Crippen LogP contribution in [0.2, 0.25) is 0 Å². The van der Waals surface area contributed by atoms with Crippen molar-refractivity contribution < 1.29 is 9.53 Å². The molecule has 1 aromatic rings. The summed E-state index contributed by atoms with van der Waals surface area (Å²) in [6.45, 7) is 9.41. The normalized spacial score (nSPS) is 10.9. The van der Waals surface area contributed by atoms with Crippen molar-refractivity contribution in [1.82, 2.24) is 0 Å². The van der Waals surface area contributed by atoms with Crippen molar-refractivity contribution in [2.24, 2.45) is 0 Å². The van der Waals surface area contributed by atoms with Crippen molar-refractivity contribution in [1.29, 1.82) is 0 Å². The highest BCUT2D eigenvalue weighted by Crippen LogP contribution is 2.18. The van der Waals surface area contributed by atoms with E-state index in [0.717, 1.165) is 16.5 Å². The van der Waals surface area contributed by atoms with E-state index in [2.05, 4.69) is 27.8 Å². The zero-order chi connectivity index (χ0) is 13.8. The van der Waals surface area contributed by atoms with Crippen molar-refractivity contribution >= 4 is 33.3 Å². The second kappa shape index (κ2) is 6.05. The van der Waals surface area contributed by atoms with Crippen LogP contribution in [0.5, 0.6) is 0 Å². The molecule has 0 heterocycles. The van der Waals surface area contributed by atoms with E-state index in [0.29, 0.717) is 5.69 Å². The highest BCUT2D eigenvalue weighted by atomic mass is 79.9. The molecule has 18 heavy (non-hydrogen) atoms. The number of benzene rings is 1. The van der Waals surface area contributed by atoms with Gasteiger partial charge in [-0.2, -0.15) is 0 Å². The monoisotopic (exact) mass is 311 g/mol. The maximum atomic E-state index is 11.5. The Morgan fingerprint density at radius 1 is 1.33 bits per heavy atom. The summed E-state index contributed by atoms with van der Waals surface area (Å²) in [5.41, 5.74) is 2.25. The number of anilines is 1. The molecule has 1 amide bonds. The fourth-order valence-electron chi connectivity index (χ4n) is 1.29.